The van der Waals surface area contributed by atoms with Gasteiger partial charge in [0.05, 0.1) is 11.4 Å². The summed E-state index contributed by atoms with van der Waals surface area (Å²) in [5, 5.41) is 8.98. The zero-order valence-electron chi connectivity index (χ0n) is 27.1. The number of nitrogens with zero attached hydrogens (tertiary/aromatic N) is 3. The van der Waals surface area contributed by atoms with Crippen LogP contribution in [0.3, 0.4) is 0 Å². The van der Waals surface area contributed by atoms with Crippen LogP contribution in [0.4, 0.5) is 11.5 Å². The predicted octanol–water partition coefficient (Wildman–Crippen LogP) is 10.0. The molecule has 5 aromatic rings. The number of hydrogen-bond acceptors (Lipinski definition) is 5. The van der Waals surface area contributed by atoms with E-state index in [0.717, 1.165) is 65.0 Å². The number of hydrogen-bond donors (Lipinski definition) is 3. The highest BCUT2D eigenvalue weighted by Gasteiger charge is 2.28. The molecule has 0 atom stereocenters. The molecule has 0 spiro atoms. The van der Waals surface area contributed by atoms with Gasteiger partial charge < -0.3 is 25.4 Å². The van der Waals surface area contributed by atoms with Crippen molar-refractivity contribution in [1.29, 1.82) is 0 Å². The first-order valence-electron chi connectivity index (χ1n) is 16.1. The largest absolute Gasteiger partial charge is 0.388 e. The maximum Gasteiger partial charge on any atom is 0.272 e. The third-order valence-electron chi connectivity index (χ3n) is 8.83. The molecule has 3 aromatic carbocycles. The minimum Gasteiger partial charge on any atom is -0.388 e. The number of rotatable bonds is 11. The molecule has 10 heteroatoms. The molecule has 1 aliphatic heterocycles. The molecule has 3 heterocycles. The average molecular weight is 712 g/mol. The summed E-state index contributed by atoms with van der Waals surface area (Å²) in [6, 6.07) is 25.2. The van der Waals surface area contributed by atoms with Gasteiger partial charge in [-0.15, -0.1) is 0 Å². The topological polar surface area (TPSA) is 76.3 Å². The number of benzene rings is 3. The molecule has 0 aliphatic carbocycles. The summed E-state index contributed by atoms with van der Waals surface area (Å²) < 4.78 is 0. The maximum absolute atomic E-state index is 14.5. The number of aromatic nitrogens is 2. The fourth-order valence-corrected chi connectivity index (χ4v) is 7.02. The van der Waals surface area contributed by atoms with E-state index in [4.69, 9.17) is 39.8 Å². The van der Waals surface area contributed by atoms with Crippen LogP contribution in [0.25, 0.3) is 22.2 Å². The van der Waals surface area contributed by atoms with Gasteiger partial charge in [0.1, 0.15) is 5.69 Å². The number of anilines is 2. The summed E-state index contributed by atoms with van der Waals surface area (Å²) in [5.41, 5.74) is 6.00. The van der Waals surface area contributed by atoms with Crippen LogP contribution < -0.4 is 15.5 Å². The van der Waals surface area contributed by atoms with Gasteiger partial charge in [-0.1, -0.05) is 90.4 Å². The number of fused-ring (bicyclic) bond motifs is 1. The molecule has 3 N–H and O–H groups in total. The van der Waals surface area contributed by atoms with Crippen molar-refractivity contribution >= 4 is 74.4 Å². The molecule has 250 valence electrons. The molecule has 1 saturated heterocycles. The van der Waals surface area contributed by atoms with Crippen molar-refractivity contribution in [2.45, 2.75) is 32.4 Å². The zero-order valence-corrected chi connectivity index (χ0v) is 29.4. The van der Waals surface area contributed by atoms with Gasteiger partial charge in [-0.25, -0.2) is 4.98 Å². The predicted molar refractivity (Wildman–Crippen MR) is 205 cm³/mol. The van der Waals surface area contributed by atoms with E-state index < -0.39 is 0 Å². The van der Waals surface area contributed by atoms with Gasteiger partial charge in [0, 0.05) is 63.4 Å². The molecule has 49 heavy (non-hydrogen) atoms. The van der Waals surface area contributed by atoms with Gasteiger partial charge in [0.25, 0.3) is 5.91 Å². The van der Waals surface area contributed by atoms with Crippen LogP contribution in [0.5, 0.6) is 0 Å². The molecule has 0 unspecified atom stereocenters. The first-order chi connectivity index (χ1) is 23.8. The molecule has 6 rings (SSSR count). The van der Waals surface area contributed by atoms with E-state index in [9.17, 15) is 4.79 Å². The molecule has 2 aromatic heterocycles. The van der Waals surface area contributed by atoms with E-state index in [2.05, 4.69) is 33.7 Å². The highest BCUT2D eigenvalue weighted by atomic mass is 35.5. The highest BCUT2D eigenvalue weighted by Crippen LogP contribution is 2.39. The zero-order chi connectivity index (χ0) is 34.5. The molecule has 1 aliphatic rings. The molecule has 1 fully saturated rings. The summed E-state index contributed by atoms with van der Waals surface area (Å²) >= 11 is 19.4. The van der Waals surface area contributed by atoms with E-state index in [-0.39, 0.29) is 5.91 Å². The number of carbonyl (C=O) groups excluding carboxylic acids is 1. The number of piperidine rings is 1. The Labute approximate surface area is 301 Å². The van der Waals surface area contributed by atoms with Crippen molar-refractivity contribution < 1.29 is 4.79 Å². The molecule has 0 bridgehead atoms. The minimum absolute atomic E-state index is 0.313. The Morgan fingerprint density at radius 2 is 1.73 bits per heavy atom. The van der Waals surface area contributed by atoms with Crippen LogP contribution in [-0.2, 0) is 6.54 Å². The number of pyridine rings is 1. The highest BCUT2D eigenvalue weighted by molar-refractivity contribution is 6.35. The summed E-state index contributed by atoms with van der Waals surface area (Å²) in [7, 11) is 0. The Morgan fingerprint density at radius 3 is 2.45 bits per heavy atom. The summed E-state index contributed by atoms with van der Waals surface area (Å²) in [5.74, 6) is 0.418. The second kappa shape index (κ2) is 15.2. The van der Waals surface area contributed by atoms with Gasteiger partial charge in [-0.05, 0) is 85.3 Å². The number of allylic oxidation sites excluding steroid dienone is 1. The molecule has 0 saturated carbocycles. The third kappa shape index (κ3) is 7.49. The van der Waals surface area contributed by atoms with E-state index in [1.54, 1.807) is 24.7 Å². The lowest BCUT2D eigenvalue weighted by atomic mass is 9.96. The smallest absolute Gasteiger partial charge is 0.272 e. The van der Waals surface area contributed by atoms with Gasteiger partial charge >= 0.3 is 0 Å². The lowest BCUT2D eigenvalue weighted by molar-refractivity contribution is 0.102. The van der Waals surface area contributed by atoms with Crippen LogP contribution in [0.1, 0.15) is 46.9 Å². The molecule has 0 radical (unpaired) electrons. The lowest BCUT2D eigenvalue weighted by Gasteiger charge is -2.33. The van der Waals surface area contributed by atoms with Crippen LogP contribution >= 0.6 is 34.8 Å². The molecule has 7 nitrogen and oxygen atoms in total. The molecular formula is C39H37Cl3N6O. The number of nitrogens with one attached hydrogen (secondary N) is 3. The van der Waals surface area contributed by atoms with E-state index >= 15 is 0 Å². The summed E-state index contributed by atoms with van der Waals surface area (Å²) in [6.45, 7) is 12.0. The summed E-state index contributed by atoms with van der Waals surface area (Å²) in [6.07, 6.45) is 7.13. The van der Waals surface area contributed by atoms with Crippen molar-refractivity contribution in [3.63, 3.8) is 0 Å². The molecular weight excluding hydrogens is 675 g/mol. The summed E-state index contributed by atoms with van der Waals surface area (Å²) in [4.78, 5) is 26.9. The second-order valence-corrected chi connectivity index (χ2v) is 13.2. The second-order valence-electron chi connectivity index (χ2n) is 11.9. The number of amides is 1. The van der Waals surface area contributed by atoms with Crippen LogP contribution in [-0.4, -0.2) is 39.9 Å². The first-order valence-corrected chi connectivity index (χ1v) is 17.2. The van der Waals surface area contributed by atoms with Crippen LogP contribution in [0.2, 0.25) is 15.1 Å². The lowest BCUT2D eigenvalue weighted by Crippen LogP contribution is -2.41. The number of H-pyrrole nitrogens is 1. The fraction of sp³-hybridized carbons (Fsp3) is 0.179. The van der Waals surface area contributed by atoms with Crippen LogP contribution in [0.15, 0.2) is 111 Å². The van der Waals surface area contributed by atoms with Gasteiger partial charge in [0.2, 0.25) is 0 Å². The Balaban J connectivity index is 1.47. The van der Waals surface area contributed by atoms with Crippen molar-refractivity contribution in [3.8, 4) is 0 Å². The van der Waals surface area contributed by atoms with E-state index in [1.165, 1.54) is 0 Å². The molecule has 1 amide bonds. The number of halogens is 3. The number of carbonyl (C=O) groups is 1. The Morgan fingerprint density at radius 1 is 1.00 bits per heavy atom. The van der Waals surface area contributed by atoms with Gasteiger partial charge in [-0.3, -0.25) is 4.79 Å². The Bertz CT molecular complexity index is 2030. The van der Waals surface area contributed by atoms with Gasteiger partial charge in [-0.2, -0.15) is 0 Å². The van der Waals surface area contributed by atoms with Crippen molar-refractivity contribution in [2.75, 3.05) is 23.3 Å². The number of aromatic amines is 1. The normalized spacial score (nSPS) is 13.9. The third-order valence-corrected chi connectivity index (χ3v) is 9.65. The standard InChI is InChI=1S/C39H37Cl3N6O/c1-4-43-30-17-20-48(21-18-30)38-33(12-9-19-44-38)46-39(49)36-35(31-16-15-29(41)23-34(31)45-36)37(25(3)26-10-7-6-8-11-26)47(5-2)24-27-13-14-28(40)22-32(27)42/h4-16,19,22-23,30,43,45H,1-2,17-18,20-21,24H2,3H3,(H,46,49)/b37-25+. The maximum atomic E-state index is 14.5. The van der Waals surface area contributed by atoms with Gasteiger partial charge in [0.15, 0.2) is 5.82 Å². The SMILES string of the molecule is C=CNC1CCN(c2ncccc2NC(=O)c2[nH]c3cc(Cl)ccc3c2/C(=C(/C)c2ccccc2)N(C=C)Cc2ccc(Cl)cc2Cl)CC1. The Hall–Kier alpha value is -4.69. The van der Waals surface area contributed by atoms with Crippen molar-refractivity contribution in [3.05, 3.63) is 148 Å². The average Bonchev–Trinajstić information content (AvgIpc) is 3.48. The Kier molecular flexibility index (Phi) is 10.6. The first kappa shape index (κ1) is 34.2. The van der Waals surface area contributed by atoms with Crippen LogP contribution in [0, 0.1) is 0 Å². The quantitative estimate of drug-likeness (QED) is 0.127. The van der Waals surface area contributed by atoms with Crippen molar-refractivity contribution in [2.24, 2.45) is 0 Å². The van der Waals surface area contributed by atoms with E-state index in [0.29, 0.717) is 44.6 Å². The van der Waals surface area contributed by atoms with Crippen molar-refractivity contribution in [1.82, 2.24) is 20.2 Å². The fourth-order valence-electron chi connectivity index (χ4n) is 6.38. The minimum atomic E-state index is -0.313. The van der Waals surface area contributed by atoms with E-state index in [1.807, 2.05) is 84.6 Å². The monoisotopic (exact) mass is 710 g/mol.